The lowest BCUT2D eigenvalue weighted by molar-refractivity contribution is 0.00306. The van der Waals surface area contributed by atoms with Crippen molar-refractivity contribution < 1.29 is 23.2 Å². The molecule has 0 amide bonds. The first-order chi connectivity index (χ1) is 15.7. The van der Waals surface area contributed by atoms with E-state index in [1.807, 2.05) is 18.2 Å². The molecule has 0 saturated carbocycles. The van der Waals surface area contributed by atoms with Crippen LogP contribution in [0.5, 0.6) is 0 Å². The highest BCUT2D eigenvalue weighted by atomic mass is 35.5. The number of hydrogen-bond acceptors (Lipinski definition) is 6. The molecule has 7 nitrogen and oxygen atoms in total. The fourth-order valence-corrected chi connectivity index (χ4v) is 4.26. The number of aryl methyl sites for hydroxylation is 1. The van der Waals surface area contributed by atoms with Gasteiger partial charge in [-0.2, -0.15) is 0 Å². The minimum atomic E-state index is -0.941. The molecule has 10 heteroatoms. The monoisotopic (exact) mass is 504 g/mol. The molecule has 178 valence electrons. The predicted octanol–water partition coefficient (Wildman–Crippen LogP) is 3.27. The lowest BCUT2D eigenvalue weighted by Gasteiger charge is -2.09. The summed E-state index contributed by atoms with van der Waals surface area (Å²) in [6, 6.07) is 5.60. The highest BCUT2D eigenvalue weighted by molar-refractivity contribution is 7.84. The lowest BCUT2D eigenvalue weighted by Crippen LogP contribution is -2.15. The summed E-state index contributed by atoms with van der Waals surface area (Å²) in [5, 5.41) is 0.644. The molecule has 32 heavy (non-hydrogen) atoms. The van der Waals surface area contributed by atoms with Crippen molar-refractivity contribution in [1.29, 1.82) is 0 Å². The third-order valence-electron chi connectivity index (χ3n) is 4.42. The van der Waals surface area contributed by atoms with Gasteiger partial charge in [0.1, 0.15) is 12.4 Å². The van der Waals surface area contributed by atoms with Gasteiger partial charge in [-0.15, -0.1) is 18.0 Å². The second-order valence-electron chi connectivity index (χ2n) is 6.74. The van der Waals surface area contributed by atoms with E-state index in [1.165, 1.54) is 0 Å². The van der Waals surface area contributed by atoms with E-state index in [4.69, 9.17) is 48.6 Å². The van der Waals surface area contributed by atoms with Gasteiger partial charge in [0, 0.05) is 33.9 Å². The van der Waals surface area contributed by atoms with Crippen molar-refractivity contribution in [3.8, 4) is 12.3 Å². The van der Waals surface area contributed by atoms with E-state index in [0.717, 1.165) is 23.3 Å². The zero-order valence-electron chi connectivity index (χ0n) is 18.1. The molecule has 1 aromatic carbocycles. The van der Waals surface area contributed by atoms with Crippen LogP contribution in [-0.2, 0) is 42.2 Å². The average Bonchev–Trinajstić information content (AvgIpc) is 3.13. The molecule has 1 heterocycles. The summed E-state index contributed by atoms with van der Waals surface area (Å²) in [5.74, 6) is 4.60. The Kier molecular flexibility index (Phi) is 13.9. The van der Waals surface area contributed by atoms with Gasteiger partial charge in [0.2, 0.25) is 0 Å². The van der Waals surface area contributed by atoms with E-state index < -0.39 is 10.8 Å². The predicted molar refractivity (Wildman–Crippen MR) is 129 cm³/mol. The first kappa shape index (κ1) is 27.1. The Labute approximate surface area is 202 Å². The molecule has 0 aliphatic heterocycles. The van der Waals surface area contributed by atoms with Crippen LogP contribution < -0.4 is 0 Å². The Morgan fingerprint density at radius 3 is 2.31 bits per heavy atom. The molecule has 2 aromatic rings. The fraction of sp³-hybridized carbons (Fsp3) is 0.591. The summed E-state index contributed by atoms with van der Waals surface area (Å²) in [5.41, 5.74) is 1.81. The minimum Gasteiger partial charge on any atom is -0.378 e. The number of benzene rings is 1. The van der Waals surface area contributed by atoms with Gasteiger partial charge in [-0.1, -0.05) is 17.5 Å². The molecule has 0 saturated heterocycles. The standard InChI is InChI=1S/C22H30Cl2N2O5S/c1-2-7-28-8-9-29-10-11-30-12-13-31-14-16-32(27)15-3-6-26-21-5-4-19(24)17-20(21)25-22(26)18-23/h1,4-5,17H,3,6-16,18H2. The number of terminal acetylenes is 1. The Hall–Kier alpha value is -1.18. The van der Waals surface area contributed by atoms with Gasteiger partial charge in [0.15, 0.2) is 0 Å². The summed E-state index contributed by atoms with van der Waals surface area (Å²) in [4.78, 5) is 4.53. The van der Waals surface area contributed by atoms with Crippen LogP contribution in [0.2, 0.25) is 5.02 Å². The molecule has 0 aliphatic rings. The largest absolute Gasteiger partial charge is 0.378 e. The highest BCUT2D eigenvalue weighted by Gasteiger charge is 2.11. The van der Waals surface area contributed by atoms with Crippen molar-refractivity contribution in [2.45, 2.75) is 18.8 Å². The maximum Gasteiger partial charge on any atom is 0.124 e. The summed E-state index contributed by atoms with van der Waals surface area (Å²) in [7, 11) is -0.941. The summed E-state index contributed by atoms with van der Waals surface area (Å²) >= 11 is 12.1. The van der Waals surface area contributed by atoms with Crippen LogP contribution in [0.15, 0.2) is 18.2 Å². The van der Waals surface area contributed by atoms with Crippen LogP contribution in [0.25, 0.3) is 11.0 Å². The van der Waals surface area contributed by atoms with Crippen LogP contribution in [0.1, 0.15) is 12.2 Å². The highest BCUT2D eigenvalue weighted by Crippen LogP contribution is 2.22. The van der Waals surface area contributed by atoms with Crippen LogP contribution in [0.4, 0.5) is 0 Å². The quantitative estimate of drug-likeness (QED) is 0.176. The van der Waals surface area contributed by atoms with Gasteiger partial charge >= 0.3 is 0 Å². The van der Waals surface area contributed by atoms with Gasteiger partial charge in [0.05, 0.1) is 63.2 Å². The smallest absolute Gasteiger partial charge is 0.124 e. The van der Waals surface area contributed by atoms with E-state index in [2.05, 4.69) is 15.5 Å². The lowest BCUT2D eigenvalue weighted by atomic mass is 10.3. The van der Waals surface area contributed by atoms with Gasteiger partial charge in [0.25, 0.3) is 0 Å². The van der Waals surface area contributed by atoms with Crippen molar-refractivity contribution in [1.82, 2.24) is 9.55 Å². The van der Waals surface area contributed by atoms with E-state index in [9.17, 15) is 4.21 Å². The van der Waals surface area contributed by atoms with Crippen molar-refractivity contribution >= 4 is 45.0 Å². The number of aromatic nitrogens is 2. The number of rotatable bonds is 18. The maximum absolute atomic E-state index is 12.2. The number of nitrogens with zero attached hydrogens (tertiary/aromatic N) is 2. The summed E-state index contributed by atoms with van der Waals surface area (Å²) < 4.78 is 35.6. The van der Waals surface area contributed by atoms with Crippen molar-refractivity contribution in [3.05, 3.63) is 29.0 Å². The molecule has 1 atom stereocenters. The van der Waals surface area contributed by atoms with Crippen LogP contribution in [0, 0.1) is 12.3 Å². The molecule has 0 spiro atoms. The molecule has 0 fully saturated rings. The third-order valence-corrected chi connectivity index (χ3v) is 6.26. The Morgan fingerprint density at radius 1 is 1.00 bits per heavy atom. The Morgan fingerprint density at radius 2 is 1.66 bits per heavy atom. The first-order valence-corrected chi connectivity index (χ1v) is 12.9. The topological polar surface area (TPSA) is 71.8 Å². The molecule has 0 radical (unpaired) electrons. The van der Waals surface area contributed by atoms with E-state index >= 15 is 0 Å². The minimum absolute atomic E-state index is 0.300. The van der Waals surface area contributed by atoms with Gasteiger partial charge in [-0.25, -0.2) is 4.98 Å². The maximum atomic E-state index is 12.2. The third kappa shape index (κ3) is 10.2. The molecule has 0 bridgehead atoms. The van der Waals surface area contributed by atoms with E-state index in [1.54, 1.807) is 0 Å². The van der Waals surface area contributed by atoms with Crippen molar-refractivity contribution in [3.63, 3.8) is 0 Å². The van der Waals surface area contributed by atoms with E-state index in [0.29, 0.717) is 81.8 Å². The van der Waals surface area contributed by atoms with Crippen LogP contribution in [-0.4, -0.2) is 78.1 Å². The molecular formula is C22H30Cl2N2O5S. The number of fused-ring (bicyclic) bond motifs is 1. The van der Waals surface area contributed by atoms with Gasteiger partial charge < -0.3 is 23.5 Å². The number of hydrogen-bond donors (Lipinski definition) is 0. The fourth-order valence-electron chi connectivity index (χ4n) is 2.93. The SMILES string of the molecule is C#CCOCCOCCOCCOCCS(=O)CCCn1c(CCl)nc2cc(Cl)ccc21. The van der Waals surface area contributed by atoms with Crippen LogP contribution >= 0.6 is 23.2 Å². The number of imidazole rings is 1. The second-order valence-corrected chi connectivity index (χ2v) is 9.14. The molecule has 2 rings (SSSR count). The van der Waals surface area contributed by atoms with Gasteiger partial charge in [-0.05, 0) is 24.6 Å². The molecule has 1 aromatic heterocycles. The number of halogens is 2. The van der Waals surface area contributed by atoms with Crippen molar-refractivity contribution in [2.75, 3.05) is 64.4 Å². The summed E-state index contributed by atoms with van der Waals surface area (Å²) in [6.45, 7) is 4.34. The Bertz CT molecular complexity index is 872. The van der Waals surface area contributed by atoms with Gasteiger partial charge in [-0.3, -0.25) is 4.21 Å². The molecule has 0 N–H and O–H groups in total. The van der Waals surface area contributed by atoms with Crippen LogP contribution in [0.3, 0.4) is 0 Å². The average molecular weight is 505 g/mol. The first-order valence-electron chi connectivity index (χ1n) is 10.5. The van der Waals surface area contributed by atoms with E-state index in [-0.39, 0.29) is 0 Å². The molecular weight excluding hydrogens is 475 g/mol. The number of ether oxygens (including phenoxy) is 4. The number of alkyl halides is 1. The summed E-state index contributed by atoms with van der Waals surface area (Å²) in [6.07, 6.45) is 5.84. The Balaban J connectivity index is 1.49. The van der Waals surface area contributed by atoms with Crippen molar-refractivity contribution in [2.24, 2.45) is 0 Å². The zero-order valence-corrected chi connectivity index (χ0v) is 20.4. The molecule has 1 unspecified atom stereocenters. The second kappa shape index (κ2) is 16.4. The normalized spacial score (nSPS) is 12.3. The molecule has 0 aliphatic carbocycles. The zero-order chi connectivity index (χ0) is 23.0.